The Labute approximate surface area is 311 Å². The molecule has 0 unspecified atom stereocenters. The Bertz CT molecular complexity index is 2650. The number of hydrogen-bond acceptors (Lipinski definition) is 6. The third kappa shape index (κ3) is 5.63. The Hall–Kier alpha value is -7.44. The fourth-order valence-electron chi connectivity index (χ4n) is 7.38. The average Bonchev–Trinajstić information content (AvgIpc) is 3.26. The van der Waals surface area contributed by atoms with Crippen molar-refractivity contribution in [3.8, 4) is 67.8 Å². The van der Waals surface area contributed by atoms with Gasteiger partial charge >= 0.3 is 0 Å². The van der Waals surface area contributed by atoms with E-state index in [1.54, 1.807) is 24.8 Å². The molecule has 0 atom stereocenters. The quantitative estimate of drug-likeness (QED) is 0.162. The molecule has 252 valence electrons. The molecule has 0 aliphatic heterocycles. The van der Waals surface area contributed by atoms with E-state index in [4.69, 9.17) is 9.97 Å². The Balaban J connectivity index is 1.25. The van der Waals surface area contributed by atoms with Gasteiger partial charge in [-0.2, -0.15) is 0 Å². The summed E-state index contributed by atoms with van der Waals surface area (Å²) in [7, 11) is 0. The van der Waals surface area contributed by atoms with Crippen molar-refractivity contribution < 1.29 is 0 Å². The van der Waals surface area contributed by atoms with Crippen LogP contribution in [0.15, 0.2) is 183 Å². The first-order chi connectivity index (χ1) is 26.8. The van der Waals surface area contributed by atoms with Gasteiger partial charge < -0.3 is 0 Å². The van der Waals surface area contributed by atoms with Crippen LogP contribution in [0.1, 0.15) is 0 Å². The predicted octanol–water partition coefficient (Wildman–Crippen LogP) is 11.5. The average molecular weight is 691 g/mol. The molecule has 0 saturated heterocycles. The normalized spacial score (nSPS) is 11.3. The zero-order valence-corrected chi connectivity index (χ0v) is 29.0. The summed E-state index contributed by atoms with van der Waals surface area (Å²) in [5.41, 5.74) is 10.7. The monoisotopic (exact) mass is 690 g/mol. The first-order valence-corrected chi connectivity index (χ1v) is 17.8. The van der Waals surface area contributed by atoms with Gasteiger partial charge in [0.15, 0.2) is 0 Å². The molecule has 10 rings (SSSR count). The fraction of sp³-hybridized carbons (Fsp3) is 0. The topological polar surface area (TPSA) is 77.3 Å². The molecule has 0 amide bonds. The number of benzene rings is 4. The van der Waals surface area contributed by atoms with Gasteiger partial charge in [-0.15, -0.1) is 0 Å². The zero-order chi connectivity index (χ0) is 35.8. The summed E-state index contributed by atoms with van der Waals surface area (Å²) < 4.78 is 0. The van der Waals surface area contributed by atoms with Crippen molar-refractivity contribution in [2.24, 2.45) is 0 Å². The Morgan fingerprint density at radius 3 is 0.833 bits per heavy atom. The Kier molecular flexibility index (Phi) is 7.69. The van der Waals surface area contributed by atoms with Crippen LogP contribution in [-0.2, 0) is 0 Å². The highest BCUT2D eigenvalue weighted by Gasteiger charge is 2.18. The second kappa shape index (κ2) is 13.3. The minimum atomic E-state index is 0.795. The van der Waals surface area contributed by atoms with Gasteiger partial charge in [0, 0.05) is 24.8 Å². The molecular formula is C48H30N6. The Morgan fingerprint density at radius 1 is 0.241 bits per heavy atom. The molecule has 6 heteroatoms. The predicted molar refractivity (Wildman–Crippen MR) is 218 cm³/mol. The second-order valence-electron chi connectivity index (χ2n) is 13.1. The van der Waals surface area contributed by atoms with E-state index in [1.165, 1.54) is 10.8 Å². The summed E-state index contributed by atoms with van der Waals surface area (Å²) in [6.45, 7) is 0. The number of nitrogens with zero attached hydrogens (tertiary/aromatic N) is 6. The lowest BCUT2D eigenvalue weighted by Crippen LogP contribution is -1.95. The van der Waals surface area contributed by atoms with Crippen molar-refractivity contribution in [1.82, 2.24) is 29.9 Å². The van der Waals surface area contributed by atoms with Crippen LogP contribution in [-0.4, -0.2) is 29.9 Å². The maximum atomic E-state index is 5.06. The first-order valence-electron chi connectivity index (χ1n) is 17.8. The minimum Gasteiger partial charge on any atom is -0.255 e. The van der Waals surface area contributed by atoms with Crippen molar-refractivity contribution in [3.63, 3.8) is 0 Å². The van der Waals surface area contributed by atoms with Gasteiger partial charge in [-0.05, 0) is 140 Å². The summed E-state index contributed by atoms with van der Waals surface area (Å²) in [5.74, 6) is 0. The third-order valence-corrected chi connectivity index (χ3v) is 9.86. The van der Waals surface area contributed by atoms with Crippen LogP contribution in [0.3, 0.4) is 0 Å². The van der Waals surface area contributed by atoms with Crippen LogP contribution in [0.5, 0.6) is 0 Å². The van der Waals surface area contributed by atoms with Gasteiger partial charge in [-0.25, -0.2) is 9.97 Å². The minimum absolute atomic E-state index is 0.795. The van der Waals surface area contributed by atoms with Crippen LogP contribution < -0.4 is 0 Å². The maximum absolute atomic E-state index is 5.06. The summed E-state index contributed by atoms with van der Waals surface area (Å²) in [6.07, 6.45) is 7.23. The van der Waals surface area contributed by atoms with Crippen LogP contribution in [0, 0.1) is 0 Å². The van der Waals surface area contributed by atoms with Crippen molar-refractivity contribution in [2.75, 3.05) is 0 Å². The molecule has 0 spiro atoms. The molecular weight excluding hydrogens is 661 g/mol. The smallest absolute Gasteiger partial charge is 0.0900 e. The van der Waals surface area contributed by atoms with E-state index in [0.29, 0.717) is 0 Å². The van der Waals surface area contributed by atoms with Crippen LogP contribution in [0.4, 0.5) is 0 Å². The molecule has 54 heavy (non-hydrogen) atoms. The zero-order valence-electron chi connectivity index (χ0n) is 29.0. The van der Waals surface area contributed by atoms with Crippen molar-refractivity contribution in [2.45, 2.75) is 0 Å². The lowest BCUT2D eigenvalue weighted by Gasteiger charge is -2.17. The lowest BCUT2D eigenvalue weighted by atomic mass is 9.87. The van der Waals surface area contributed by atoms with Crippen LogP contribution >= 0.6 is 0 Å². The van der Waals surface area contributed by atoms with Crippen molar-refractivity contribution in [3.05, 3.63) is 183 Å². The SMILES string of the molecule is c1ccc(-c2cc(-c3cc4c5ccccc5c(-c5cc(-c6ccccn6)nc(-c6ccccn6)c5)cc4c4ccccc34)cc(-c3ccccn3)n2)nc1. The molecule has 6 aromatic heterocycles. The maximum Gasteiger partial charge on any atom is 0.0900 e. The largest absolute Gasteiger partial charge is 0.255 e. The van der Waals surface area contributed by atoms with E-state index in [0.717, 1.165) is 89.4 Å². The molecule has 0 radical (unpaired) electrons. The van der Waals surface area contributed by atoms with Gasteiger partial charge in [-0.3, -0.25) is 19.9 Å². The lowest BCUT2D eigenvalue weighted by molar-refractivity contribution is 1.22. The molecule has 0 fully saturated rings. The van der Waals surface area contributed by atoms with Crippen molar-refractivity contribution >= 4 is 32.3 Å². The van der Waals surface area contributed by atoms with Crippen molar-refractivity contribution in [1.29, 1.82) is 0 Å². The highest BCUT2D eigenvalue weighted by molar-refractivity contribution is 6.24. The summed E-state index contributed by atoms with van der Waals surface area (Å²) in [6, 6.07) is 54.3. The molecule has 0 aliphatic rings. The number of hydrogen-bond donors (Lipinski definition) is 0. The standard InChI is InChI=1S/C48H30N6/c1-3-15-35-33(13-1)37(31-25-45(41-17-5-9-21-49-41)53-46(26-31)42-18-6-10-22-50-42)29-40-36-16-4-2-14-34(36)38(30-39(35)40)32-27-47(43-19-7-11-23-51-43)54-48(28-32)44-20-8-12-24-52-44/h1-30H. The van der Waals surface area contributed by atoms with Gasteiger partial charge in [0.25, 0.3) is 0 Å². The van der Waals surface area contributed by atoms with Gasteiger partial charge in [0.2, 0.25) is 0 Å². The highest BCUT2D eigenvalue weighted by atomic mass is 14.8. The molecule has 6 nitrogen and oxygen atoms in total. The number of aromatic nitrogens is 6. The summed E-state index contributed by atoms with van der Waals surface area (Å²) >= 11 is 0. The van der Waals surface area contributed by atoms with Gasteiger partial charge in [0.05, 0.1) is 45.6 Å². The Morgan fingerprint density at radius 2 is 0.537 bits per heavy atom. The summed E-state index contributed by atoms with van der Waals surface area (Å²) in [4.78, 5) is 28.8. The fourth-order valence-corrected chi connectivity index (χ4v) is 7.38. The number of fused-ring (bicyclic) bond motifs is 5. The molecule has 6 heterocycles. The molecule has 0 saturated carbocycles. The van der Waals surface area contributed by atoms with Crippen LogP contribution in [0.2, 0.25) is 0 Å². The summed E-state index contributed by atoms with van der Waals surface area (Å²) in [5, 5.41) is 6.96. The van der Waals surface area contributed by atoms with Gasteiger partial charge in [0.1, 0.15) is 0 Å². The molecule has 0 bridgehead atoms. The second-order valence-corrected chi connectivity index (χ2v) is 13.1. The molecule has 0 aliphatic carbocycles. The van der Waals surface area contributed by atoms with E-state index in [2.05, 4.69) is 105 Å². The van der Waals surface area contributed by atoms with E-state index in [-0.39, 0.29) is 0 Å². The van der Waals surface area contributed by atoms with E-state index in [9.17, 15) is 0 Å². The molecule has 0 N–H and O–H groups in total. The number of rotatable bonds is 6. The molecule has 10 aromatic rings. The van der Waals surface area contributed by atoms with Crippen LogP contribution in [0.25, 0.3) is 100 Å². The third-order valence-electron chi connectivity index (χ3n) is 9.86. The molecule has 4 aromatic carbocycles. The highest BCUT2D eigenvalue weighted by Crippen LogP contribution is 2.43. The number of pyridine rings is 6. The van der Waals surface area contributed by atoms with E-state index in [1.807, 2.05) is 72.8 Å². The van der Waals surface area contributed by atoms with E-state index >= 15 is 0 Å². The first kappa shape index (κ1) is 31.3. The van der Waals surface area contributed by atoms with Gasteiger partial charge in [-0.1, -0.05) is 72.8 Å². The van der Waals surface area contributed by atoms with E-state index < -0.39 is 0 Å².